The van der Waals surface area contributed by atoms with E-state index in [-0.39, 0.29) is 24.0 Å². The minimum absolute atomic E-state index is 0. The molecule has 0 unspecified atom stereocenters. The van der Waals surface area contributed by atoms with E-state index >= 15 is 0 Å². The van der Waals surface area contributed by atoms with E-state index in [0.717, 1.165) is 31.0 Å². The zero-order chi connectivity index (χ0) is 13.8. The van der Waals surface area contributed by atoms with Gasteiger partial charge in [0.1, 0.15) is 0 Å². The highest BCUT2D eigenvalue weighted by atomic mass is 127. The van der Waals surface area contributed by atoms with Gasteiger partial charge >= 0.3 is 0 Å². The van der Waals surface area contributed by atoms with Gasteiger partial charge in [-0.05, 0) is 44.2 Å². The number of guanidine groups is 1. The topological polar surface area (TPSA) is 30.9 Å². The Morgan fingerprint density at radius 1 is 1.05 bits per heavy atom. The Kier molecular flexibility index (Phi) is 6.59. The molecule has 1 saturated heterocycles. The Balaban J connectivity index is 0.00000161. The van der Waals surface area contributed by atoms with E-state index in [9.17, 15) is 0 Å². The largest absolute Gasteiger partial charge is 0.355 e. The maximum Gasteiger partial charge on any atom is 0.193 e. The lowest BCUT2D eigenvalue weighted by atomic mass is 9.68. The van der Waals surface area contributed by atoms with Crippen LogP contribution in [0.1, 0.15) is 44.9 Å². The molecule has 0 amide bonds. The second-order valence-electron chi connectivity index (χ2n) is 6.96. The summed E-state index contributed by atoms with van der Waals surface area (Å²) in [5.74, 6) is 1.09. The third kappa shape index (κ3) is 4.47. The van der Waals surface area contributed by atoms with Crippen molar-refractivity contribution in [2.45, 2.75) is 44.9 Å². The maximum atomic E-state index is 4.48. The minimum atomic E-state index is 0. The molecule has 0 aromatic carbocycles. The van der Waals surface area contributed by atoms with Crippen LogP contribution in [0.15, 0.2) is 4.99 Å². The van der Waals surface area contributed by atoms with E-state index in [0.29, 0.717) is 0 Å². The lowest BCUT2D eigenvalue weighted by Gasteiger charge is -2.44. The van der Waals surface area contributed by atoms with E-state index in [1.807, 2.05) is 0 Å². The molecule has 0 aromatic heterocycles. The first kappa shape index (κ1) is 17.3. The van der Waals surface area contributed by atoms with Gasteiger partial charge in [-0.2, -0.15) is 0 Å². The van der Waals surface area contributed by atoms with Gasteiger partial charge in [0.2, 0.25) is 0 Å². The summed E-state index contributed by atoms with van der Waals surface area (Å²) < 4.78 is 0. The minimum Gasteiger partial charge on any atom is -0.355 e. The summed E-state index contributed by atoms with van der Waals surface area (Å²) in [5.41, 5.74) is 0.734. The van der Waals surface area contributed by atoms with Crippen LogP contribution >= 0.6 is 24.0 Å². The Labute approximate surface area is 146 Å². The average Bonchev–Trinajstić information content (AvgIpc) is 2.88. The quantitative estimate of drug-likeness (QED) is 0.731. The van der Waals surface area contributed by atoms with Crippen molar-refractivity contribution in [1.29, 1.82) is 0 Å². The molecule has 2 aliphatic heterocycles. The number of nitrogens with zero attached hydrogens (tertiary/aromatic N) is 3. The maximum absolute atomic E-state index is 4.48. The summed E-state index contributed by atoms with van der Waals surface area (Å²) in [5, 5.41) is 3.48. The molecule has 1 saturated carbocycles. The summed E-state index contributed by atoms with van der Waals surface area (Å²) in [6.45, 7) is 6.84. The zero-order valence-corrected chi connectivity index (χ0v) is 15.8. The number of aliphatic imine (C=N–C) groups is 1. The van der Waals surface area contributed by atoms with Crippen LogP contribution in [0.25, 0.3) is 0 Å². The van der Waals surface area contributed by atoms with E-state index in [4.69, 9.17) is 0 Å². The Hall–Kier alpha value is -0.0400. The number of rotatable bonds is 3. The van der Waals surface area contributed by atoms with Crippen molar-refractivity contribution < 1.29 is 0 Å². The zero-order valence-electron chi connectivity index (χ0n) is 13.4. The monoisotopic (exact) mass is 406 g/mol. The number of hydrogen-bond donors (Lipinski definition) is 1. The Morgan fingerprint density at radius 2 is 1.76 bits per heavy atom. The Bertz CT molecular complexity index is 342. The molecule has 3 rings (SSSR count). The predicted octanol–water partition coefficient (Wildman–Crippen LogP) is 2.54. The predicted molar refractivity (Wildman–Crippen MR) is 99.5 cm³/mol. The Morgan fingerprint density at radius 3 is 2.38 bits per heavy atom. The summed E-state index contributed by atoms with van der Waals surface area (Å²) in [6.07, 6.45) is 10.3. The van der Waals surface area contributed by atoms with Gasteiger partial charge in [-0.3, -0.25) is 4.99 Å². The van der Waals surface area contributed by atoms with Crippen LogP contribution in [-0.2, 0) is 0 Å². The summed E-state index contributed by atoms with van der Waals surface area (Å²) in [7, 11) is 2.12. The van der Waals surface area contributed by atoms with Crippen molar-refractivity contribution in [3.05, 3.63) is 0 Å². The highest BCUT2D eigenvalue weighted by Gasteiger charge is 2.35. The van der Waals surface area contributed by atoms with E-state index < -0.39 is 0 Å². The highest BCUT2D eigenvalue weighted by Crippen LogP contribution is 2.44. The molecule has 0 atom stereocenters. The van der Waals surface area contributed by atoms with Crippen LogP contribution in [0.4, 0.5) is 0 Å². The van der Waals surface area contributed by atoms with Crippen molar-refractivity contribution in [1.82, 2.24) is 15.1 Å². The van der Waals surface area contributed by atoms with Crippen LogP contribution in [0.3, 0.4) is 0 Å². The fourth-order valence-corrected chi connectivity index (χ4v) is 4.10. The molecular weight excluding hydrogens is 375 g/mol. The van der Waals surface area contributed by atoms with Crippen LogP contribution in [0.2, 0.25) is 0 Å². The molecule has 21 heavy (non-hydrogen) atoms. The first-order valence-electron chi connectivity index (χ1n) is 8.49. The molecule has 0 bridgehead atoms. The molecule has 2 fully saturated rings. The number of likely N-dealkylation sites (tertiary alicyclic amines) is 1. The van der Waals surface area contributed by atoms with Crippen molar-refractivity contribution in [3.8, 4) is 0 Å². The van der Waals surface area contributed by atoms with Gasteiger partial charge in [-0.15, -0.1) is 24.0 Å². The second-order valence-corrected chi connectivity index (χ2v) is 6.96. The average molecular weight is 406 g/mol. The summed E-state index contributed by atoms with van der Waals surface area (Å²) in [6, 6.07) is 0. The molecule has 1 N–H and O–H groups in total. The van der Waals surface area contributed by atoms with E-state index in [2.05, 4.69) is 27.2 Å². The molecule has 5 heteroatoms. The first-order valence-corrected chi connectivity index (χ1v) is 8.49. The van der Waals surface area contributed by atoms with Gasteiger partial charge in [0.15, 0.2) is 5.96 Å². The van der Waals surface area contributed by atoms with Gasteiger partial charge < -0.3 is 15.1 Å². The normalized spacial score (nSPS) is 25.6. The SMILES string of the molecule is CN1CCN=C1NCCN1CCC2(CCCCC2)CC1.I. The van der Waals surface area contributed by atoms with Gasteiger partial charge in [-0.25, -0.2) is 0 Å². The first-order chi connectivity index (χ1) is 9.77. The third-order valence-electron chi connectivity index (χ3n) is 5.60. The van der Waals surface area contributed by atoms with Crippen LogP contribution in [0.5, 0.6) is 0 Å². The molecule has 1 spiro atoms. The number of hydrogen-bond acceptors (Lipinski definition) is 4. The van der Waals surface area contributed by atoms with Gasteiger partial charge in [-0.1, -0.05) is 19.3 Å². The number of halogens is 1. The van der Waals surface area contributed by atoms with Gasteiger partial charge in [0, 0.05) is 26.7 Å². The smallest absolute Gasteiger partial charge is 0.193 e. The fraction of sp³-hybridized carbons (Fsp3) is 0.938. The lowest BCUT2D eigenvalue weighted by Crippen LogP contribution is -2.45. The summed E-state index contributed by atoms with van der Waals surface area (Å²) in [4.78, 5) is 9.34. The van der Waals surface area contributed by atoms with Crippen molar-refractivity contribution in [2.24, 2.45) is 10.4 Å². The third-order valence-corrected chi connectivity index (χ3v) is 5.60. The van der Waals surface area contributed by atoms with Crippen LogP contribution in [-0.4, -0.2) is 62.1 Å². The molecular formula is C16H31IN4. The van der Waals surface area contributed by atoms with E-state index in [1.54, 1.807) is 0 Å². The van der Waals surface area contributed by atoms with Gasteiger partial charge in [0.25, 0.3) is 0 Å². The number of piperidine rings is 1. The van der Waals surface area contributed by atoms with Gasteiger partial charge in [0.05, 0.1) is 6.54 Å². The fourth-order valence-electron chi connectivity index (χ4n) is 4.10. The molecule has 3 aliphatic rings. The van der Waals surface area contributed by atoms with Crippen LogP contribution in [0, 0.1) is 5.41 Å². The lowest BCUT2D eigenvalue weighted by molar-refractivity contribution is 0.0688. The second kappa shape index (κ2) is 7.99. The summed E-state index contributed by atoms with van der Waals surface area (Å²) >= 11 is 0. The molecule has 4 nitrogen and oxygen atoms in total. The molecule has 122 valence electrons. The molecule has 1 aliphatic carbocycles. The molecule has 0 aromatic rings. The molecule has 2 heterocycles. The standard InChI is InChI=1S/C16H30N4.HI/c1-19-13-9-17-15(19)18-10-14-20-11-7-16(8-12-20)5-3-2-4-6-16;/h2-14H2,1H3,(H,17,18);1H. The number of likely N-dealkylation sites (N-methyl/N-ethyl adjacent to an activating group) is 1. The van der Waals surface area contributed by atoms with E-state index in [1.165, 1.54) is 64.6 Å². The number of nitrogens with one attached hydrogen (secondary N) is 1. The van der Waals surface area contributed by atoms with Crippen LogP contribution < -0.4 is 5.32 Å². The van der Waals surface area contributed by atoms with Crippen molar-refractivity contribution in [2.75, 3.05) is 46.3 Å². The molecule has 0 radical (unpaired) electrons. The van der Waals surface area contributed by atoms with Crippen molar-refractivity contribution >= 4 is 29.9 Å². The highest BCUT2D eigenvalue weighted by molar-refractivity contribution is 14.0. The van der Waals surface area contributed by atoms with Crippen molar-refractivity contribution in [3.63, 3.8) is 0 Å².